The second kappa shape index (κ2) is 9.52. The maximum Gasteiger partial charge on any atom is 0.244 e. The van der Waals surface area contributed by atoms with Crippen molar-refractivity contribution in [2.75, 3.05) is 19.9 Å². The maximum absolute atomic E-state index is 12.0. The first-order valence-corrected chi connectivity index (χ1v) is 9.11. The summed E-state index contributed by atoms with van der Waals surface area (Å²) in [7, 11) is 1.60. The zero-order valence-corrected chi connectivity index (χ0v) is 15.2. The first-order chi connectivity index (χ1) is 11.6. The number of benzene rings is 2. The van der Waals surface area contributed by atoms with Crippen LogP contribution in [0.15, 0.2) is 59.5 Å². The largest absolute Gasteiger partial charge is 0.375 e. The smallest absolute Gasteiger partial charge is 0.244 e. The Morgan fingerprint density at radius 2 is 1.96 bits per heavy atom. The number of amides is 1. The van der Waals surface area contributed by atoms with Crippen LogP contribution < -0.4 is 5.32 Å². The Morgan fingerprint density at radius 1 is 1.25 bits per heavy atom. The molecule has 0 bridgehead atoms. The van der Waals surface area contributed by atoms with Crippen LogP contribution in [-0.4, -0.2) is 25.8 Å². The lowest BCUT2D eigenvalue weighted by Crippen LogP contribution is -2.27. The highest BCUT2D eigenvalue weighted by Gasteiger charge is 2.14. The van der Waals surface area contributed by atoms with Gasteiger partial charge in [0.2, 0.25) is 5.91 Å². The third-order valence-corrected chi connectivity index (χ3v) is 4.63. The van der Waals surface area contributed by atoms with Gasteiger partial charge in [-0.15, -0.1) is 11.8 Å². The number of halogens is 1. The van der Waals surface area contributed by atoms with E-state index in [2.05, 4.69) is 5.32 Å². The molecule has 0 saturated heterocycles. The van der Waals surface area contributed by atoms with Crippen molar-refractivity contribution < 1.29 is 9.53 Å². The summed E-state index contributed by atoms with van der Waals surface area (Å²) in [4.78, 5) is 13.2. The normalized spacial score (nSPS) is 12.3. The summed E-state index contributed by atoms with van der Waals surface area (Å²) in [5.74, 6) is -0.168. The second-order valence-corrected chi connectivity index (χ2v) is 6.38. The number of rotatable bonds is 7. The van der Waals surface area contributed by atoms with Crippen LogP contribution >= 0.6 is 23.4 Å². The lowest BCUT2D eigenvalue weighted by molar-refractivity contribution is -0.117. The SMILES string of the molecule is COC(CNC(=O)C=Cc1ccc(SC)cc1)c1ccccc1Cl. The van der Waals surface area contributed by atoms with Gasteiger partial charge < -0.3 is 10.1 Å². The van der Waals surface area contributed by atoms with Crippen molar-refractivity contribution in [2.24, 2.45) is 0 Å². The first kappa shape index (κ1) is 18.6. The quantitative estimate of drug-likeness (QED) is 0.579. The highest BCUT2D eigenvalue weighted by atomic mass is 35.5. The molecule has 0 aliphatic rings. The molecule has 1 N–H and O–H groups in total. The Balaban J connectivity index is 1.91. The van der Waals surface area contributed by atoms with Crippen LogP contribution in [0, 0.1) is 0 Å². The molecular formula is C19H20ClNO2S. The van der Waals surface area contributed by atoms with Crippen LogP contribution in [0.1, 0.15) is 17.2 Å². The summed E-state index contributed by atoms with van der Waals surface area (Å²) >= 11 is 7.86. The lowest BCUT2D eigenvalue weighted by Gasteiger charge is -2.17. The topological polar surface area (TPSA) is 38.3 Å². The molecule has 0 aliphatic heterocycles. The van der Waals surface area contributed by atoms with E-state index in [9.17, 15) is 4.79 Å². The van der Waals surface area contributed by atoms with E-state index in [-0.39, 0.29) is 12.0 Å². The minimum atomic E-state index is -0.281. The first-order valence-electron chi connectivity index (χ1n) is 7.51. The number of nitrogens with one attached hydrogen (secondary N) is 1. The van der Waals surface area contributed by atoms with Gasteiger partial charge >= 0.3 is 0 Å². The van der Waals surface area contributed by atoms with E-state index >= 15 is 0 Å². The molecule has 126 valence electrons. The standard InChI is InChI=1S/C19H20ClNO2S/c1-23-18(16-5-3-4-6-17(16)20)13-21-19(22)12-9-14-7-10-15(24-2)11-8-14/h3-12,18H,13H2,1-2H3,(H,21,22). The van der Waals surface area contributed by atoms with Crippen LogP contribution in [0.4, 0.5) is 0 Å². The number of hydrogen-bond donors (Lipinski definition) is 1. The van der Waals surface area contributed by atoms with Crippen molar-refractivity contribution >= 4 is 35.3 Å². The van der Waals surface area contributed by atoms with Gasteiger partial charge in [0.1, 0.15) is 6.10 Å². The second-order valence-electron chi connectivity index (χ2n) is 5.10. The van der Waals surface area contributed by atoms with Gasteiger partial charge in [-0.2, -0.15) is 0 Å². The van der Waals surface area contributed by atoms with Gasteiger partial charge in [0.15, 0.2) is 0 Å². The molecule has 0 radical (unpaired) electrons. The predicted molar refractivity (Wildman–Crippen MR) is 101 cm³/mol. The Labute approximate surface area is 152 Å². The molecular weight excluding hydrogens is 342 g/mol. The Bertz CT molecular complexity index is 701. The molecule has 24 heavy (non-hydrogen) atoms. The fraction of sp³-hybridized carbons (Fsp3) is 0.211. The fourth-order valence-corrected chi connectivity index (χ4v) is 2.86. The van der Waals surface area contributed by atoms with Crippen LogP contribution in [0.3, 0.4) is 0 Å². The zero-order valence-electron chi connectivity index (χ0n) is 13.7. The molecule has 5 heteroatoms. The van der Waals surface area contributed by atoms with Gasteiger partial charge in [0.05, 0.1) is 0 Å². The van der Waals surface area contributed by atoms with Crippen molar-refractivity contribution in [1.29, 1.82) is 0 Å². The van der Waals surface area contributed by atoms with E-state index in [1.807, 2.05) is 54.8 Å². The highest BCUT2D eigenvalue weighted by molar-refractivity contribution is 7.98. The van der Waals surface area contributed by atoms with Crippen molar-refractivity contribution in [3.8, 4) is 0 Å². The third kappa shape index (κ3) is 5.41. The summed E-state index contributed by atoms with van der Waals surface area (Å²) in [6, 6.07) is 15.5. The van der Waals surface area contributed by atoms with Crippen molar-refractivity contribution in [3.05, 3.63) is 70.8 Å². The van der Waals surface area contributed by atoms with E-state index in [4.69, 9.17) is 16.3 Å². The van der Waals surface area contributed by atoms with Gasteiger partial charge in [-0.3, -0.25) is 4.79 Å². The molecule has 0 spiro atoms. The number of thioether (sulfide) groups is 1. The molecule has 3 nitrogen and oxygen atoms in total. The van der Waals surface area contributed by atoms with Crippen LogP contribution in [0.2, 0.25) is 5.02 Å². The van der Waals surface area contributed by atoms with Gasteiger partial charge in [0, 0.05) is 35.2 Å². The summed E-state index contributed by atoms with van der Waals surface area (Å²) < 4.78 is 5.43. The number of methoxy groups -OCH3 is 1. The van der Waals surface area contributed by atoms with E-state index in [1.165, 1.54) is 11.0 Å². The lowest BCUT2D eigenvalue weighted by atomic mass is 10.1. The average molecular weight is 362 g/mol. The molecule has 0 fully saturated rings. The van der Waals surface area contributed by atoms with Crippen molar-refractivity contribution in [3.63, 3.8) is 0 Å². The molecule has 2 aromatic carbocycles. The third-order valence-electron chi connectivity index (χ3n) is 3.54. The minimum absolute atomic E-state index is 0.168. The van der Waals surface area contributed by atoms with Gasteiger partial charge in [-0.1, -0.05) is 41.9 Å². The fourth-order valence-electron chi connectivity index (χ4n) is 2.20. The van der Waals surface area contributed by atoms with E-state index < -0.39 is 0 Å². The summed E-state index contributed by atoms with van der Waals surface area (Å²) in [5.41, 5.74) is 1.84. The molecule has 0 aliphatic carbocycles. The van der Waals surface area contributed by atoms with Crippen molar-refractivity contribution in [2.45, 2.75) is 11.0 Å². The predicted octanol–water partition coefficient (Wildman–Crippen LogP) is 4.58. The molecule has 0 heterocycles. The summed E-state index contributed by atoms with van der Waals surface area (Å²) in [6.45, 7) is 0.356. The van der Waals surface area contributed by atoms with Gasteiger partial charge in [0.25, 0.3) is 0 Å². The van der Waals surface area contributed by atoms with Crippen LogP contribution in [0.25, 0.3) is 6.08 Å². The molecule has 1 amide bonds. The molecule has 0 saturated carbocycles. The maximum atomic E-state index is 12.0. The van der Waals surface area contributed by atoms with Crippen molar-refractivity contribution in [1.82, 2.24) is 5.32 Å². The molecule has 2 rings (SSSR count). The number of carbonyl (C=O) groups is 1. The highest BCUT2D eigenvalue weighted by Crippen LogP contribution is 2.24. The molecule has 1 unspecified atom stereocenters. The number of hydrogen-bond acceptors (Lipinski definition) is 3. The summed E-state index contributed by atoms with van der Waals surface area (Å²) in [5, 5.41) is 3.47. The Kier molecular flexibility index (Phi) is 7.37. The van der Waals surface area contributed by atoms with Gasteiger partial charge in [-0.25, -0.2) is 0 Å². The Morgan fingerprint density at radius 3 is 2.58 bits per heavy atom. The number of ether oxygens (including phenoxy) is 1. The van der Waals surface area contributed by atoms with E-state index in [1.54, 1.807) is 24.9 Å². The Hall–Kier alpha value is -1.75. The zero-order chi connectivity index (χ0) is 17.4. The van der Waals surface area contributed by atoms with Crippen LogP contribution in [0.5, 0.6) is 0 Å². The molecule has 2 aromatic rings. The molecule has 1 atom stereocenters. The average Bonchev–Trinajstić information content (AvgIpc) is 2.62. The minimum Gasteiger partial charge on any atom is -0.375 e. The van der Waals surface area contributed by atoms with Crippen LogP contribution in [-0.2, 0) is 9.53 Å². The van der Waals surface area contributed by atoms with E-state index in [0.717, 1.165) is 11.1 Å². The number of carbonyl (C=O) groups excluding carboxylic acids is 1. The summed E-state index contributed by atoms with van der Waals surface area (Å²) in [6.07, 6.45) is 5.06. The monoisotopic (exact) mass is 361 g/mol. The van der Waals surface area contributed by atoms with E-state index in [0.29, 0.717) is 11.6 Å². The molecule has 0 aromatic heterocycles. The van der Waals surface area contributed by atoms with Gasteiger partial charge in [-0.05, 0) is 36.1 Å².